The number of Topliss-reactive ketones (excluding diaryl/α,β-unsaturated/α-hetero) is 1. The lowest BCUT2D eigenvalue weighted by Gasteiger charge is -2.15. The number of hydrogen-bond donors (Lipinski definition) is 1. The van der Waals surface area contributed by atoms with Gasteiger partial charge in [0, 0.05) is 17.4 Å². The normalized spacial score (nSPS) is 16.7. The molecule has 1 unspecified atom stereocenters. The van der Waals surface area contributed by atoms with E-state index in [2.05, 4.69) is 17.3 Å². The molecule has 0 saturated heterocycles. The van der Waals surface area contributed by atoms with Crippen LogP contribution in [0, 0.1) is 5.92 Å². The smallest absolute Gasteiger partial charge is 0.246 e. The molecule has 0 spiro atoms. The van der Waals surface area contributed by atoms with Gasteiger partial charge in [-0.3, -0.25) is 14.3 Å². The van der Waals surface area contributed by atoms with Crippen molar-refractivity contribution >= 4 is 17.4 Å². The fraction of sp³-hybridized carbons (Fsp3) is 0.389. The first kappa shape index (κ1) is 15.5. The summed E-state index contributed by atoms with van der Waals surface area (Å²) < 4.78 is 1.72. The van der Waals surface area contributed by atoms with Gasteiger partial charge in [0.25, 0.3) is 0 Å². The number of anilines is 1. The summed E-state index contributed by atoms with van der Waals surface area (Å²) in [5.74, 6) is 0.525. The molecule has 1 amide bonds. The predicted octanol–water partition coefficient (Wildman–Crippen LogP) is 2.85. The molecule has 1 aliphatic carbocycles. The quantitative estimate of drug-likeness (QED) is 0.883. The number of benzene rings is 1. The molecule has 1 heterocycles. The number of ketones is 1. The Morgan fingerprint density at radius 3 is 3.00 bits per heavy atom. The van der Waals surface area contributed by atoms with Crippen LogP contribution in [0.4, 0.5) is 5.69 Å². The highest BCUT2D eigenvalue weighted by Gasteiger charge is 2.19. The number of nitrogens with zero attached hydrogens (tertiary/aromatic N) is 2. The number of hydrogen-bond acceptors (Lipinski definition) is 3. The summed E-state index contributed by atoms with van der Waals surface area (Å²) >= 11 is 0. The molecule has 5 nitrogen and oxygen atoms in total. The molecule has 0 saturated carbocycles. The van der Waals surface area contributed by atoms with E-state index in [1.54, 1.807) is 28.9 Å². The van der Waals surface area contributed by atoms with Gasteiger partial charge in [0.1, 0.15) is 6.54 Å². The molecule has 1 aromatic heterocycles. The second kappa shape index (κ2) is 6.36. The number of aryl methyl sites for hydroxylation is 1. The summed E-state index contributed by atoms with van der Waals surface area (Å²) in [4.78, 5) is 23.6. The summed E-state index contributed by atoms with van der Waals surface area (Å²) in [7, 11) is 0. The van der Waals surface area contributed by atoms with Crippen LogP contribution < -0.4 is 5.32 Å². The van der Waals surface area contributed by atoms with Crippen molar-refractivity contribution in [3.05, 3.63) is 47.3 Å². The maximum Gasteiger partial charge on any atom is 0.246 e. The van der Waals surface area contributed by atoms with Crippen LogP contribution in [-0.4, -0.2) is 21.5 Å². The van der Waals surface area contributed by atoms with Gasteiger partial charge in [-0.2, -0.15) is 5.10 Å². The molecule has 1 atom stereocenters. The third kappa shape index (κ3) is 3.67. The fourth-order valence-electron chi connectivity index (χ4n) is 2.99. The van der Waals surface area contributed by atoms with Crippen molar-refractivity contribution in [2.45, 2.75) is 39.7 Å². The van der Waals surface area contributed by atoms with E-state index in [0.717, 1.165) is 25.0 Å². The Labute approximate surface area is 135 Å². The predicted molar refractivity (Wildman–Crippen MR) is 88.5 cm³/mol. The molecule has 5 heteroatoms. The Morgan fingerprint density at radius 1 is 1.39 bits per heavy atom. The molecular formula is C18H21N3O2. The molecular weight excluding hydrogens is 290 g/mol. The van der Waals surface area contributed by atoms with Gasteiger partial charge in [0.2, 0.25) is 5.91 Å². The molecule has 2 aromatic rings. The fourth-order valence-corrected chi connectivity index (χ4v) is 2.99. The highest BCUT2D eigenvalue weighted by Crippen LogP contribution is 2.24. The first-order chi connectivity index (χ1) is 11.0. The van der Waals surface area contributed by atoms with Crippen LogP contribution in [0.15, 0.2) is 30.5 Å². The first-order valence-corrected chi connectivity index (χ1v) is 7.97. The van der Waals surface area contributed by atoms with Crippen LogP contribution in [0.3, 0.4) is 0 Å². The molecule has 1 aromatic carbocycles. The van der Waals surface area contributed by atoms with Crippen molar-refractivity contribution in [3.8, 4) is 0 Å². The first-order valence-electron chi connectivity index (χ1n) is 7.97. The molecule has 23 heavy (non-hydrogen) atoms. The van der Waals surface area contributed by atoms with Gasteiger partial charge in [-0.1, -0.05) is 19.1 Å². The number of amides is 1. The van der Waals surface area contributed by atoms with Crippen molar-refractivity contribution in [2.24, 2.45) is 5.92 Å². The van der Waals surface area contributed by atoms with Crippen molar-refractivity contribution in [1.29, 1.82) is 0 Å². The van der Waals surface area contributed by atoms with Crippen LogP contribution in [0.1, 0.15) is 41.9 Å². The third-order valence-electron chi connectivity index (χ3n) is 4.23. The zero-order valence-corrected chi connectivity index (χ0v) is 13.5. The van der Waals surface area contributed by atoms with Crippen molar-refractivity contribution < 1.29 is 9.59 Å². The number of fused-ring (bicyclic) bond motifs is 1. The van der Waals surface area contributed by atoms with E-state index in [4.69, 9.17) is 0 Å². The largest absolute Gasteiger partial charge is 0.324 e. The monoisotopic (exact) mass is 311 g/mol. The maximum absolute atomic E-state index is 12.2. The van der Waals surface area contributed by atoms with E-state index in [9.17, 15) is 9.59 Å². The summed E-state index contributed by atoms with van der Waals surface area (Å²) in [6, 6.07) is 6.97. The second-order valence-corrected chi connectivity index (χ2v) is 6.33. The highest BCUT2D eigenvalue weighted by molar-refractivity contribution is 5.97. The molecule has 0 aliphatic heterocycles. The van der Waals surface area contributed by atoms with E-state index < -0.39 is 0 Å². The average molecular weight is 311 g/mol. The van der Waals surface area contributed by atoms with Gasteiger partial charge < -0.3 is 5.32 Å². The Kier molecular flexibility index (Phi) is 4.28. The van der Waals surface area contributed by atoms with Gasteiger partial charge in [-0.05, 0) is 49.8 Å². The molecule has 1 aliphatic rings. The lowest BCUT2D eigenvalue weighted by molar-refractivity contribution is -0.116. The van der Waals surface area contributed by atoms with Crippen molar-refractivity contribution in [2.75, 3.05) is 5.32 Å². The summed E-state index contributed by atoms with van der Waals surface area (Å²) in [6.07, 6.45) is 5.17. The average Bonchev–Trinajstić information content (AvgIpc) is 2.88. The number of carbonyl (C=O) groups is 2. The van der Waals surface area contributed by atoms with Crippen LogP contribution in [0.2, 0.25) is 0 Å². The lowest BCUT2D eigenvalue weighted by Crippen LogP contribution is -2.19. The summed E-state index contributed by atoms with van der Waals surface area (Å²) in [5, 5.41) is 7.34. The lowest BCUT2D eigenvalue weighted by atomic mass is 9.89. The number of aromatic nitrogens is 2. The molecule has 120 valence electrons. The SMILES string of the molecule is CC(=O)c1cccc(NC(=O)Cn2cc3c(n2)CCC(C)C3)c1. The Morgan fingerprint density at radius 2 is 2.22 bits per heavy atom. The maximum atomic E-state index is 12.2. The standard InChI is InChI=1S/C18H21N3O2/c1-12-6-7-17-15(8-12)10-21(20-17)11-18(23)19-16-5-3-4-14(9-16)13(2)22/h3-5,9-10,12H,6-8,11H2,1-2H3,(H,19,23). The van der Waals surface area contributed by atoms with E-state index in [0.29, 0.717) is 17.2 Å². The zero-order valence-electron chi connectivity index (χ0n) is 13.5. The van der Waals surface area contributed by atoms with Gasteiger partial charge in [-0.15, -0.1) is 0 Å². The van der Waals surface area contributed by atoms with Crippen molar-refractivity contribution in [3.63, 3.8) is 0 Å². The van der Waals surface area contributed by atoms with Crippen LogP contribution >= 0.6 is 0 Å². The van der Waals surface area contributed by atoms with E-state index in [-0.39, 0.29) is 18.2 Å². The van der Waals surface area contributed by atoms with Gasteiger partial charge in [0.05, 0.1) is 5.69 Å². The third-order valence-corrected chi connectivity index (χ3v) is 4.23. The van der Waals surface area contributed by atoms with E-state index >= 15 is 0 Å². The van der Waals surface area contributed by atoms with Crippen LogP contribution in [-0.2, 0) is 24.2 Å². The Balaban J connectivity index is 1.66. The Bertz CT molecular complexity index is 748. The molecule has 1 N–H and O–H groups in total. The Hall–Kier alpha value is -2.43. The molecule has 0 bridgehead atoms. The van der Waals surface area contributed by atoms with Crippen LogP contribution in [0.5, 0.6) is 0 Å². The van der Waals surface area contributed by atoms with Crippen molar-refractivity contribution in [1.82, 2.24) is 9.78 Å². The van der Waals surface area contributed by atoms with Gasteiger partial charge in [-0.25, -0.2) is 0 Å². The van der Waals surface area contributed by atoms with E-state index in [1.807, 2.05) is 6.20 Å². The summed E-state index contributed by atoms with van der Waals surface area (Å²) in [6.45, 7) is 3.94. The highest BCUT2D eigenvalue weighted by atomic mass is 16.2. The van der Waals surface area contributed by atoms with Gasteiger partial charge >= 0.3 is 0 Å². The zero-order chi connectivity index (χ0) is 16.4. The molecule has 0 fully saturated rings. The topological polar surface area (TPSA) is 64.0 Å². The van der Waals surface area contributed by atoms with Crippen LogP contribution in [0.25, 0.3) is 0 Å². The van der Waals surface area contributed by atoms with Gasteiger partial charge in [0.15, 0.2) is 5.78 Å². The number of nitrogens with one attached hydrogen (secondary N) is 1. The number of rotatable bonds is 4. The second-order valence-electron chi connectivity index (χ2n) is 6.33. The number of carbonyl (C=O) groups excluding carboxylic acids is 2. The van der Waals surface area contributed by atoms with E-state index in [1.165, 1.54) is 12.5 Å². The summed E-state index contributed by atoms with van der Waals surface area (Å²) in [5.41, 5.74) is 3.60. The molecule has 0 radical (unpaired) electrons. The molecule has 3 rings (SSSR count). The minimum Gasteiger partial charge on any atom is -0.324 e. The minimum atomic E-state index is -0.140. The minimum absolute atomic E-state index is 0.0185.